The van der Waals surface area contributed by atoms with Crippen LogP contribution in [-0.4, -0.2) is 23.9 Å². The van der Waals surface area contributed by atoms with E-state index in [1.54, 1.807) is 12.1 Å². The molecule has 1 aliphatic rings. The minimum Gasteiger partial charge on any atom is -0.493 e. The number of nitrogens with zero attached hydrogens (tertiary/aromatic N) is 2. The molecule has 1 aliphatic heterocycles. The average molecular weight is 670 g/mol. The van der Waals surface area contributed by atoms with E-state index >= 15 is 0 Å². The fourth-order valence-electron chi connectivity index (χ4n) is 3.22. The summed E-state index contributed by atoms with van der Waals surface area (Å²) in [5, 5.41) is 11.3. The zero-order chi connectivity index (χ0) is 25.1. The molecule has 0 unspecified atom stereocenters. The van der Waals surface area contributed by atoms with Crippen molar-refractivity contribution in [2.24, 2.45) is 4.99 Å². The highest BCUT2D eigenvalue weighted by atomic mass is 127. The molecule has 3 aromatic rings. The molecule has 0 N–H and O–H groups in total. The molecule has 35 heavy (non-hydrogen) atoms. The third-order valence-corrected chi connectivity index (χ3v) is 6.43. The van der Waals surface area contributed by atoms with Crippen LogP contribution in [0.15, 0.2) is 69.8 Å². The third kappa shape index (κ3) is 5.82. The van der Waals surface area contributed by atoms with E-state index in [1.165, 1.54) is 31.4 Å². The maximum atomic E-state index is 12.4. The summed E-state index contributed by atoms with van der Waals surface area (Å²) in [6.07, 6.45) is 1.51. The fourth-order valence-corrected chi connectivity index (χ4v) is 4.60. The van der Waals surface area contributed by atoms with Crippen molar-refractivity contribution in [2.45, 2.75) is 6.61 Å². The molecule has 0 fully saturated rings. The second-order valence-electron chi connectivity index (χ2n) is 7.21. The van der Waals surface area contributed by atoms with Crippen LogP contribution < -0.4 is 9.47 Å². The third-order valence-electron chi connectivity index (χ3n) is 4.84. The van der Waals surface area contributed by atoms with Crippen molar-refractivity contribution in [1.29, 1.82) is 0 Å². The van der Waals surface area contributed by atoms with Crippen molar-refractivity contribution >= 4 is 73.8 Å². The van der Waals surface area contributed by atoms with E-state index < -0.39 is 10.9 Å². The van der Waals surface area contributed by atoms with Gasteiger partial charge >= 0.3 is 5.97 Å². The van der Waals surface area contributed by atoms with E-state index in [2.05, 4.69) is 43.5 Å². The van der Waals surface area contributed by atoms with Gasteiger partial charge in [0.25, 0.3) is 5.69 Å². The van der Waals surface area contributed by atoms with Crippen molar-refractivity contribution in [3.05, 3.63) is 100 Å². The lowest BCUT2D eigenvalue weighted by Gasteiger charge is -2.14. The summed E-state index contributed by atoms with van der Waals surface area (Å²) in [4.78, 5) is 27.2. The number of cyclic esters (lactones) is 1. The molecule has 8 nitrogen and oxygen atoms in total. The van der Waals surface area contributed by atoms with Crippen LogP contribution in [0.25, 0.3) is 6.08 Å². The number of non-ortho nitro benzene ring substituents is 1. The van der Waals surface area contributed by atoms with Crippen molar-refractivity contribution < 1.29 is 23.9 Å². The number of benzene rings is 3. The maximum absolute atomic E-state index is 12.4. The summed E-state index contributed by atoms with van der Waals surface area (Å²) < 4.78 is 18.4. The summed E-state index contributed by atoms with van der Waals surface area (Å²) in [5.74, 6) is 0.138. The molecule has 3 aromatic carbocycles. The Labute approximate surface area is 227 Å². The summed E-state index contributed by atoms with van der Waals surface area (Å²) in [5.41, 5.74) is 1.56. The minimum absolute atomic E-state index is 0.00375. The van der Waals surface area contributed by atoms with E-state index in [0.717, 1.165) is 9.13 Å². The number of aliphatic imine (C=N–C) groups is 1. The van der Waals surface area contributed by atoms with Crippen LogP contribution in [0.4, 0.5) is 5.69 Å². The van der Waals surface area contributed by atoms with Gasteiger partial charge in [-0.3, -0.25) is 10.1 Å². The normalized spacial score (nSPS) is 14.0. The van der Waals surface area contributed by atoms with E-state index in [4.69, 9.17) is 25.8 Å². The predicted octanol–water partition coefficient (Wildman–Crippen LogP) is 6.55. The number of halogens is 3. The Kier molecular flexibility index (Phi) is 7.72. The van der Waals surface area contributed by atoms with Gasteiger partial charge in [0, 0.05) is 15.7 Å². The molecule has 0 saturated carbocycles. The van der Waals surface area contributed by atoms with Gasteiger partial charge in [0.15, 0.2) is 17.2 Å². The second kappa shape index (κ2) is 10.8. The number of methoxy groups -OCH3 is 1. The molecule has 1 heterocycles. The minimum atomic E-state index is -0.711. The summed E-state index contributed by atoms with van der Waals surface area (Å²) >= 11 is 11.9. The van der Waals surface area contributed by atoms with Crippen LogP contribution in [0.2, 0.25) is 5.02 Å². The van der Waals surface area contributed by atoms with Crippen LogP contribution >= 0.6 is 50.1 Å². The van der Waals surface area contributed by atoms with Gasteiger partial charge < -0.3 is 14.2 Å². The Bertz CT molecular complexity index is 1410. The van der Waals surface area contributed by atoms with Crippen LogP contribution in [0.1, 0.15) is 16.7 Å². The number of hydrogen-bond acceptors (Lipinski definition) is 7. The van der Waals surface area contributed by atoms with Crippen molar-refractivity contribution in [3.63, 3.8) is 0 Å². The van der Waals surface area contributed by atoms with Crippen molar-refractivity contribution in [2.75, 3.05) is 7.11 Å². The molecule has 0 bridgehead atoms. The number of rotatable bonds is 7. The van der Waals surface area contributed by atoms with Crippen LogP contribution in [0.5, 0.6) is 11.5 Å². The number of carbonyl (C=O) groups is 1. The molecule has 4 rings (SSSR count). The summed E-state index contributed by atoms with van der Waals surface area (Å²) in [6.45, 7) is 0.343. The van der Waals surface area contributed by atoms with E-state index in [1.807, 2.05) is 24.3 Å². The van der Waals surface area contributed by atoms with Crippen LogP contribution in [0.3, 0.4) is 0 Å². The van der Waals surface area contributed by atoms with Gasteiger partial charge in [-0.1, -0.05) is 23.7 Å². The molecule has 11 heteroatoms. The SMILES string of the molecule is COc1cc(/C=C2\N=C(c3cc([N+](=O)[O-])ccc3Cl)OC2=O)cc(Br)c1OCc1cccc(I)c1. The topological polar surface area (TPSA) is 100 Å². The van der Waals surface area contributed by atoms with Crippen molar-refractivity contribution in [3.8, 4) is 11.5 Å². The smallest absolute Gasteiger partial charge is 0.363 e. The molecule has 178 valence electrons. The fraction of sp³-hybridized carbons (Fsp3) is 0.0833. The molecular formula is C24H15BrClIN2O6. The standard InChI is InChI=1S/C24H15BrClIN2O6/c1-33-21-10-14(8-18(25)22(21)34-12-13-3-2-4-15(27)7-13)9-20-24(30)35-23(28-20)17-11-16(29(31)32)5-6-19(17)26/h2-11H,12H2,1H3/b20-9-. The van der Waals surface area contributed by atoms with Crippen LogP contribution in [0, 0.1) is 13.7 Å². The van der Waals surface area contributed by atoms with Gasteiger partial charge in [-0.25, -0.2) is 9.79 Å². The van der Waals surface area contributed by atoms with Gasteiger partial charge in [-0.05, 0) is 86.1 Å². The van der Waals surface area contributed by atoms with Gasteiger partial charge in [0.05, 0.1) is 27.1 Å². The highest BCUT2D eigenvalue weighted by Gasteiger charge is 2.27. The Morgan fingerprint density at radius 3 is 2.74 bits per heavy atom. The molecule has 0 amide bonds. The molecule has 0 aromatic heterocycles. The van der Waals surface area contributed by atoms with Crippen LogP contribution in [-0.2, 0) is 16.1 Å². The number of ether oxygens (including phenoxy) is 3. The number of carbonyl (C=O) groups excluding carboxylic acids is 1. The summed E-state index contributed by atoms with van der Waals surface area (Å²) in [7, 11) is 1.52. The molecule has 0 aliphatic carbocycles. The van der Waals surface area contributed by atoms with Gasteiger partial charge in [0.1, 0.15) is 6.61 Å². The monoisotopic (exact) mass is 668 g/mol. The highest BCUT2D eigenvalue weighted by molar-refractivity contribution is 14.1. The first-order chi connectivity index (χ1) is 16.7. The van der Waals surface area contributed by atoms with Gasteiger partial charge in [0.2, 0.25) is 5.90 Å². The van der Waals surface area contributed by atoms with Crippen molar-refractivity contribution in [1.82, 2.24) is 0 Å². The quantitative estimate of drug-likeness (QED) is 0.0931. The maximum Gasteiger partial charge on any atom is 0.363 e. The predicted molar refractivity (Wildman–Crippen MR) is 143 cm³/mol. The van der Waals surface area contributed by atoms with E-state index in [9.17, 15) is 14.9 Å². The molecule has 0 spiro atoms. The number of nitro benzene ring substituents is 1. The average Bonchev–Trinajstić information content (AvgIpc) is 3.18. The molecule has 0 atom stereocenters. The lowest BCUT2D eigenvalue weighted by molar-refractivity contribution is -0.384. The first kappa shape index (κ1) is 25.1. The first-order valence-electron chi connectivity index (χ1n) is 9.97. The lowest BCUT2D eigenvalue weighted by Crippen LogP contribution is -2.06. The molecular weight excluding hydrogens is 655 g/mol. The van der Waals surface area contributed by atoms with Gasteiger partial charge in [-0.15, -0.1) is 0 Å². The Morgan fingerprint density at radius 1 is 1.23 bits per heavy atom. The van der Waals surface area contributed by atoms with E-state index in [-0.39, 0.29) is 27.9 Å². The lowest BCUT2D eigenvalue weighted by atomic mass is 10.1. The number of esters is 1. The number of hydrogen-bond donors (Lipinski definition) is 0. The Balaban J connectivity index is 1.62. The Morgan fingerprint density at radius 2 is 2.03 bits per heavy atom. The van der Waals surface area contributed by atoms with Gasteiger partial charge in [-0.2, -0.15) is 0 Å². The first-order valence-corrected chi connectivity index (χ1v) is 12.2. The zero-order valence-electron chi connectivity index (χ0n) is 18.0. The zero-order valence-corrected chi connectivity index (χ0v) is 22.5. The second-order valence-corrected chi connectivity index (χ2v) is 9.72. The summed E-state index contributed by atoms with van der Waals surface area (Å²) in [6, 6.07) is 15.2. The largest absolute Gasteiger partial charge is 0.493 e. The molecule has 0 radical (unpaired) electrons. The number of nitro groups is 1. The molecule has 0 saturated heterocycles. The highest BCUT2D eigenvalue weighted by Crippen LogP contribution is 2.38. The Hall–Kier alpha value is -2.96. The van der Waals surface area contributed by atoms with E-state index in [0.29, 0.717) is 28.1 Å².